The minimum absolute atomic E-state index is 0.123. The molecule has 1 N–H and O–H groups in total. The van der Waals surface area contributed by atoms with Gasteiger partial charge in [0.2, 0.25) is 10.0 Å². The number of benzene rings is 2. The minimum Gasteiger partial charge on any atom is -0.484 e. The third-order valence-electron chi connectivity index (χ3n) is 5.08. The Hall–Kier alpha value is -2.59. The second-order valence-electron chi connectivity index (χ2n) is 7.44. The normalized spacial score (nSPS) is 16.1. The number of para-hydroxylation sites is 1. The van der Waals surface area contributed by atoms with Gasteiger partial charge in [-0.3, -0.25) is 4.79 Å². The van der Waals surface area contributed by atoms with Crippen molar-refractivity contribution in [3.63, 3.8) is 0 Å². The number of carbonyl (C=O) groups is 1. The van der Waals surface area contributed by atoms with Crippen molar-refractivity contribution in [1.29, 1.82) is 0 Å². The van der Waals surface area contributed by atoms with Crippen LogP contribution >= 0.6 is 0 Å². The van der Waals surface area contributed by atoms with E-state index in [9.17, 15) is 26.4 Å². The number of nitrogens with one attached hydrogen (secondary N) is 1. The molecule has 1 fully saturated rings. The zero-order chi connectivity index (χ0) is 22.6. The van der Waals surface area contributed by atoms with E-state index in [4.69, 9.17) is 4.74 Å². The van der Waals surface area contributed by atoms with Crippen LogP contribution < -0.4 is 10.1 Å². The average molecular weight is 456 g/mol. The number of sulfonamides is 1. The number of ether oxygens (including phenoxy) is 1. The fraction of sp³-hybridized carbons (Fsp3) is 0.381. The zero-order valence-electron chi connectivity index (χ0n) is 16.9. The van der Waals surface area contributed by atoms with E-state index in [1.807, 2.05) is 0 Å². The summed E-state index contributed by atoms with van der Waals surface area (Å²) >= 11 is 0. The maximum Gasteiger partial charge on any atom is 0.418 e. The Morgan fingerprint density at radius 1 is 1.10 bits per heavy atom. The van der Waals surface area contributed by atoms with E-state index in [1.165, 1.54) is 40.7 Å². The Labute approximate surface area is 179 Å². The quantitative estimate of drug-likeness (QED) is 0.709. The highest BCUT2D eigenvalue weighted by atomic mass is 32.2. The standard InChI is InChI=1S/C21H23F3N2O4S/c1-15-10-12-26(13-11-15)31(28,29)17-8-6-16(7-9-17)30-14-20(27)25-19-5-3-2-4-18(19)21(22,23)24/h2-9,15H,10-14H2,1H3,(H,25,27). The molecule has 1 saturated heterocycles. The molecule has 1 heterocycles. The molecule has 0 bridgehead atoms. The summed E-state index contributed by atoms with van der Waals surface area (Å²) in [6, 6.07) is 10.2. The number of anilines is 1. The van der Waals surface area contributed by atoms with Gasteiger partial charge in [-0.05, 0) is 55.2 Å². The van der Waals surface area contributed by atoms with Crippen molar-refractivity contribution in [3.8, 4) is 5.75 Å². The molecule has 2 aromatic rings. The van der Waals surface area contributed by atoms with Gasteiger partial charge in [0.15, 0.2) is 6.61 Å². The topological polar surface area (TPSA) is 75.7 Å². The molecule has 31 heavy (non-hydrogen) atoms. The van der Waals surface area contributed by atoms with E-state index in [1.54, 1.807) is 0 Å². The first-order valence-corrected chi connectivity index (χ1v) is 11.2. The van der Waals surface area contributed by atoms with Crippen LogP contribution in [0.25, 0.3) is 0 Å². The molecular formula is C21H23F3N2O4S. The molecule has 0 aromatic heterocycles. The summed E-state index contributed by atoms with van der Waals surface area (Å²) in [6.45, 7) is 2.51. The van der Waals surface area contributed by atoms with E-state index in [2.05, 4.69) is 12.2 Å². The van der Waals surface area contributed by atoms with E-state index in [-0.39, 0.29) is 16.3 Å². The van der Waals surface area contributed by atoms with Gasteiger partial charge in [0.05, 0.1) is 16.1 Å². The highest BCUT2D eigenvalue weighted by Crippen LogP contribution is 2.34. The summed E-state index contributed by atoms with van der Waals surface area (Å²) in [5, 5.41) is 2.18. The van der Waals surface area contributed by atoms with E-state index >= 15 is 0 Å². The highest BCUT2D eigenvalue weighted by Gasteiger charge is 2.33. The van der Waals surface area contributed by atoms with Gasteiger partial charge in [-0.15, -0.1) is 0 Å². The largest absolute Gasteiger partial charge is 0.484 e. The first kappa shape index (κ1) is 23.1. The van der Waals surface area contributed by atoms with E-state index in [0.29, 0.717) is 19.0 Å². The van der Waals surface area contributed by atoms with Crippen molar-refractivity contribution in [2.45, 2.75) is 30.8 Å². The van der Waals surface area contributed by atoms with Crippen molar-refractivity contribution in [3.05, 3.63) is 54.1 Å². The van der Waals surface area contributed by atoms with Crippen molar-refractivity contribution in [2.75, 3.05) is 25.0 Å². The molecule has 0 aliphatic carbocycles. The van der Waals surface area contributed by atoms with Gasteiger partial charge in [0, 0.05) is 13.1 Å². The molecule has 0 unspecified atom stereocenters. The average Bonchev–Trinajstić information content (AvgIpc) is 2.72. The molecular weight excluding hydrogens is 433 g/mol. The zero-order valence-corrected chi connectivity index (χ0v) is 17.7. The van der Waals surface area contributed by atoms with Gasteiger partial charge in [0.25, 0.3) is 5.91 Å². The summed E-state index contributed by atoms with van der Waals surface area (Å²) < 4.78 is 71.2. The van der Waals surface area contributed by atoms with Crippen LogP contribution in [-0.4, -0.2) is 38.3 Å². The second kappa shape index (κ2) is 9.27. The lowest BCUT2D eigenvalue weighted by Gasteiger charge is -2.29. The highest BCUT2D eigenvalue weighted by molar-refractivity contribution is 7.89. The third kappa shape index (κ3) is 5.76. The number of piperidine rings is 1. The van der Waals surface area contributed by atoms with Crippen molar-refractivity contribution in [1.82, 2.24) is 4.31 Å². The van der Waals surface area contributed by atoms with Gasteiger partial charge in [-0.2, -0.15) is 17.5 Å². The van der Waals surface area contributed by atoms with Gasteiger partial charge >= 0.3 is 6.18 Å². The van der Waals surface area contributed by atoms with Crippen LogP contribution in [-0.2, 0) is 21.0 Å². The van der Waals surface area contributed by atoms with E-state index in [0.717, 1.165) is 25.0 Å². The van der Waals surface area contributed by atoms with Crippen LogP contribution in [0.15, 0.2) is 53.4 Å². The van der Waals surface area contributed by atoms with Crippen LogP contribution in [0.2, 0.25) is 0 Å². The van der Waals surface area contributed by atoms with Gasteiger partial charge in [0.1, 0.15) is 5.75 Å². The number of amides is 1. The molecule has 6 nitrogen and oxygen atoms in total. The van der Waals surface area contributed by atoms with Gasteiger partial charge < -0.3 is 10.1 Å². The fourth-order valence-corrected chi connectivity index (χ4v) is 4.73. The molecule has 1 amide bonds. The summed E-state index contributed by atoms with van der Waals surface area (Å²) in [5.41, 5.74) is -1.31. The smallest absolute Gasteiger partial charge is 0.418 e. The third-order valence-corrected chi connectivity index (χ3v) is 6.99. The molecule has 168 valence electrons. The predicted molar refractivity (Wildman–Crippen MR) is 109 cm³/mol. The number of carbonyl (C=O) groups excluding carboxylic acids is 1. The Kier molecular flexibility index (Phi) is 6.90. The minimum atomic E-state index is -4.60. The Morgan fingerprint density at radius 2 is 1.71 bits per heavy atom. The molecule has 0 radical (unpaired) electrons. The number of halogens is 3. The predicted octanol–water partition coefficient (Wildman–Crippen LogP) is 4.14. The lowest BCUT2D eigenvalue weighted by Crippen LogP contribution is -2.37. The van der Waals surface area contributed by atoms with Crippen LogP contribution in [0.3, 0.4) is 0 Å². The van der Waals surface area contributed by atoms with Crippen LogP contribution in [0, 0.1) is 5.92 Å². The molecule has 1 aliphatic heterocycles. The van der Waals surface area contributed by atoms with Crippen molar-refractivity contribution in [2.24, 2.45) is 5.92 Å². The summed E-state index contributed by atoms with van der Waals surface area (Å²) in [5.74, 6) is -0.0437. The molecule has 2 aromatic carbocycles. The number of hydrogen-bond acceptors (Lipinski definition) is 4. The first-order chi connectivity index (χ1) is 14.6. The van der Waals surface area contributed by atoms with Crippen LogP contribution in [0.5, 0.6) is 5.75 Å². The molecule has 1 aliphatic rings. The first-order valence-electron chi connectivity index (χ1n) is 9.76. The lowest BCUT2D eigenvalue weighted by molar-refractivity contribution is -0.137. The number of alkyl halides is 3. The van der Waals surface area contributed by atoms with Crippen LogP contribution in [0.4, 0.5) is 18.9 Å². The fourth-order valence-electron chi connectivity index (χ4n) is 3.26. The Bertz CT molecular complexity index is 1020. The summed E-state index contributed by atoms with van der Waals surface area (Å²) in [7, 11) is -3.60. The summed E-state index contributed by atoms with van der Waals surface area (Å²) in [4.78, 5) is 12.1. The lowest BCUT2D eigenvalue weighted by atomic mass is 10.0. The molecule has 0 atom stereocenters. The van der Waals surface area contributed by atoms with E-state index < -0.39 is 34.3 Å². The molecule has 0 saturated carbocycles. The SMILES string of the molecule is CC1CCN(S(=O)(=O)c2ccc(OCC(=O)Nc3ccccc3C(F)(F)F)cc2)CC1. The molecule has 0 spiro atoms. The van der Waals surface area contributed by atoms with Gasteiger partial charge in [-0.25, -0.2) is 8.42 Å². The monoisotopic (exact) mass is 456 g/mol. The Balaban J connectivity index is 1.59. The molecule has 3 rings (SSSR count). The van der Waals surface area contributed by atoms with Crippen molar-refractivity contribution >= 4 is 21.6 Å². The Morgan fingerprint density at radius 3 is 2.32 bits per heavy atom. The number of rotatable bonds is 6. The van der Waals surface area contributed by atoms with Crippen molar-refractivity contribution < 1.29 is 31.1 Å². The number of nitrogens with zero attached hydrogens (tertiary/aromatic N) is 1. The summed E-state index contributed by atoms with van der Waals surface area (Å²) in [6.07, 6.45) is -2.97. The van der Waals surface area contributed by atoms with Gasteiger partial charge in [-0.1, -0.05) is 19.1 Å². The second-order valence-corrected chi connectivity index (χ2v) is 9.38. The maximum absolute atomic E-state index is 13.0. The maximum atomic E-state index is 13.0. The van der Waals surface area contributed by atoms with Crippen LogP contribution in [0.1, 0.15) is 25.3 Å². The molecule has 10 heteroatoms. The number of hydrogen-bond donors (Lipinski definition) is 1.